The van der Waals surface area contributed by atoms with Gasteiger partial charge in [-0.3, -0.25) is 4.79 Å². The lowest BCUT2D eigenvalue weighted by Gasteiger charge is -2.39. The van der Waals surface area contributed by atoms with Crippen LogP contribution in [0.15, 0.2) is 0 Å². The molecule has 3 aliphatic heterocycles. The molecular formula is C20H35N3O9S. The molecule has 13 heteroatoms. The molecule has 0 spiro atoms. The van der Waals surface area contributed by atoms with Gasteiger partial charge in [-0.1, -0.05) is 6.42 Å². The van der Waals surface area contributed by atoms with Gasteiger partial charge in [0, 0.05) is 24.0 Å². The fourth-order valence-corrected chi connectivity index (χ4v) is 5.70. The van der Waals surface area contributed by atoms with Crippen molar-refractivity contribution in [2.75, 3.05) is 38.7 Å². The molecule has 0 saturated carbocycles. The summed E-state index contributed by atoms with van der Waals surface area (Å²) in [6.07, 6.45) is -3.42. The Balaban J connectivity index is 1.16. The minimum absolute atomic E-state index is 0.0380. The highest BCUT2D eigenvalue weighted by Crippen LogP contribution is 2.33. The Bertz CT molecular complexity index is 644. The van der Waals surface area contributed by atoms with E-state index in [2.05, 4.69) is 16.0 Å². The highest BCUT2D eigenvalue weighted by Gasteiger charge is 2.44. The van der Waals surface area contributed by atoms with Crippen LogP contribution in [0.4, 0.5) is 4.79 Å². The largest absolute Gasteiger partial charge is 0.394 e. The Morgan fingerprint density at radius 2 is 1.94 bits per heavy atom. The molecule has 0 bridgehead atoms. The number of nitrogens with one attached hydrogen (secondary N) is 3. The number of amides is 3. The molecule has 190 valence electrons. The van der Waals surface area contributed by atoms with E-state index in [0.717, 1.165) is 25.0 Å². The molecule has 3 saturated heterocycles. The number of hydrogen-bond donors (Lipinski definition) is 7. The molecule has 0 aromatic heterocycles. The maximum absolute atomic E-state index is 11.9. The number of carbonyl (C=O) groups is 2. The van der Waals surface area contributed by atoms with Gasteiger partial charge in [-0.05, 0) is 12.8 Å². The molecule has 3 rings (SSSR count). The zero-order valence-electron chi connectivity index (χ0n) is 18.4. The molecule has 3 fully saturated rings. The molecule has 0 radical (unpaired) electrons. The minimum Gasteiger partial charge on any atom is -0.394 e. The second-order valence-corrected chi connectivity index (χ2v) is 9.67. The Labute approximate surface area is 196 Å². The van der Waals surface area contributed by atoms with Crippen LogP contribution in [0.5, 0.6) is 0 Å². The number of aliphatic hydroxyl groups is 4. The first-order valence-electron chi connectivity index (χ1n) is 11.4. The van der Waals surface area contributed by atoms with Gasteiger partial charge in [0.15, 0.2) is 6.29 Å². The third-order valence-corrected chi connectivity index (χ3v) is 7.52. The van der Waals surface area contributed by atoms with Gasteiger partial charge >= 0.3 is 6.03 Å². The van der Waals surface area contributed by atoms with Crippen molar-refractivity contribution in [3.8, 4) is 0 Å². The Morgan fingerprint density at radius 3 is 2.73 bits per heavy atom. The fourth-order valence-electron chi connectivity index (χ4n) is 4.16. The topological polar surface area (TPSA) is 179 Å². The average molecular weight is 494 g/mol. The second kappa shape index (κ2) is 13.0. The third-order valence-electron chi connectivity index (χ3n) is 6.01. The summed E-state index contributed by atoms with van der Waals surface area (Å²) in [4.78, 5) is 23.3. The van der Waals surface area contributed by atoms with Crippen LogP contribution in [0.2, 0.25) is 0 Å². The van der Waals surface area contributed by atoms with E-state index in [1.165, 1.54) is 0 Å². The molecular weight excluding hydrogens is 458 g/mol. The lowest BCUT2D eigenvalue weighted by Crippen LogP contribution is -2.59. The van der Waals surface area contributed by atoms with Crippen molar-refractivity contribution >= 4 is 23.7 Å². The SMILES string of the molecule is O=C(CCCC[C@@H]1SC[C@@H]2NC(=O)N[C@@H]21)NCCOCCO[C@H]1O[C@H](CO)[C@@H](O)[C@H](O)[C@@H]1O. The zero-order valence-corrected chi connectivity index (χ0v) is 19.2. The van der Waals surface area contributed by atoms with E-state index in [4.69, 9.17) is 19.3 Å². The number of unbranched alkanes of at least 4 members (excludes halogenated alkanes) is 1. The molecule has 3 amide bonds. The normalized spacial score (nSPS) is 35.7. The van der Waals surface area contributed by atoms with Crippen LogP contribution in [0.3, 0.4) is 0 Å². The van der Waals surface area contributed by atoms with Gasteiger partial charge in [-0.15, -0.1) is 0 Å². The number of fused-ring (bicyclic) bond motifs is 1. The van der Waals surface area contributed by atoms with E-state index in [1.807, 2.05) is 11.8 Å². The number of aliphatic hydroxyl groups excluding tert-OH is 4. The number of ether oxygens (including phenoxy) is 3. The summed E-state index contributed by atoms with van der Waals surface area (Å²) in [6, 6.07) is 0.328. The number of urea groups is 1. The number of rotatable bonds is 13. The Kier molecular flexibility index (Phi) is 10.4. The van der Waals surface area contributed by atoms with Crippen LogP contribution in [-0.2, 0) is 19.0 Å². The van der Waals surface area contributed by atoms with E-state index in [1.54, 1.807) is 0 Å². The van der Waals surface area contributed by atoms with E-state index >= 15 is 0 Å². The molecule has 3 heterocycles. The quantitative estimate of drug-likeness (QED) is 0.109. The average Bonchev–Trinajstić information content (AvgIpc) is 3.35. The number of carbonyl (C=O) groups excluding carboxylic acids is 2. The summed E-state index contributed by atoms with van der Waals surface area (Å²) in [5.74, 6) is 0.895. The highest BCUT2D eigenvalue weighted by molar-refractivity contribution is 8.00. The maximum atomic E-state index is 11.9. The molecule has 8 atom stereocenters. The molecule has 7 N–H and O–H groups in total. The van der Waals surface area contributed by atoms with E-state index in [-0.39, 0.29) is 43.8 Å². The van der Waals surface area contributed by atoms with Crippen LogP contribution in [0.1, 0.15) is 25.7 Å². The summed E-state index contributed by atoms with van der Waals surface area (Å²) < 4.78 is 15.9. The zero-order chi connectivity index (χ0) is 23.8. The molecule has 0 unspecified atom stereocenters. The molecule has 3 aliphatic rings. The fraction of sp³-hybridized carbons (Fsp3) is 0.900. The van der Waals surface area contributed by atoms with Crippen molar-refractivity contribution in [1.82, 2.24) is 16.0 Å². The summed E-state index contributed by atoms with van der Waals surface area (Å²) in [6.45, 7) is 0.374. The summed E-state index contributed by atoms with van der Waals surface area (Å²) >= 11 is 1.87. The lowest BCUT2D eigenvalue weighted by atomic mass is 9.99. The van der Waals surface area contributed by atoms with Crippen LogP contribution in [0.25, 0.3) is 0 Å². The van der Waals surface area contributed by atoms with Crippen molar-refractivity contribution in [3.63, 3.8) is 0 Å². The number of thioether (sulfide) groups is 1. The predicted octanol–water partition coefficient (Wildman–Crippen LogP) is -2.34. The maximum Gasteiger partial charge on any atom is 0.315 e. The van der Waals surface area contributed by atoms with E-state index in [9.17, 15) is 24.9 Å². The van der Waals surface area contributed by atoms with Crippen LogP contribution < -0.4 is 16.0 Å². The first-order chi connectivity index (χ1) is 15.9. The Morgan fingerprint density at radius 1 is 1.12 bits per heavy atom. The standard InChI is InChI=1S/C20H35N3O9S/c24-9-12-16(26)17(27)18(28)19(32-12)31-8-7-30-6-5-21-14(25)4-2-1-3-13-15-11(10-33-13)22-20(29)23-15/h11-13,15-19,24,26-28H,1-10H2,(H,21,25)(H2,22,23,29)/t11-,12+,13-,15-,16+,17-,18-,19-/m0/s1. The summed E-state index contributed by atoms with van der Waals surface area (Å²) in [5, 5.41) is 47.5. The summed E-state index contributed by atoms with van der Waals surface area (Å²) in [5.41, 5.74) is 0. The van der Waals surface area contributed by atoms with Gasteiger partial charge in [-0.25, -0.2) is 4.79 Å². The van der Waals surface area contributed by atoms with Crippen LogP contribution in [0, 0.1) is 0 Å². The Hall–Kier alpha value is -1.19. The van der Waals surface area contributed by atoms with Gasteiger partial charge < -0.3 is 50.6 Å². The molecule has 33 heavy (non-hydrogen) atoms. The van der Waals surface area contributed by atoms with Crippen molar-refractivity contribution in [2.24, 2.45) is 0 Å². The minimum atomic E-state index is -1.48. The lowest BCUT2D eigenvalue weighted by molar-refractivity contribution is -0.302. The molecule has 12 nitrogen and oxygen atoms in total. The highest BCUT2D eigenvalue weighted by atomic mass is 32.2. The first kappa shape index (κ1) is 26.4. The van der Waals surface area contributed by atoms with Crippen LogP contribution >= 0.6 is 11.8 Å². The van der Waals surface area contributed by atoms with E-state index < -0.39 is 37.3 Å². The van der Waals surface area contributed by atoms with E-state index in [0.29, 0.717) is 18.2 Å². The predicted molar refractivity (Wildman–Crippen MR) is 118 cm³/mol. The second-order valence-electron chi connectivity index (χ2n) is 8.40. The van der Waals surface area contributed by atoms with Crippen LogP contribution in [-0.4, -0.2) is 119 Å². The van der Waals surface area contributed by atoms with Crippen molar-refractivity contribution in [2.45, 2.75) is 73.7 Å². The molecule has 0 aromatic rings. The molecule has 0 aliphatic carbocycles. The van der Waals surface area contributed by atoms with Crippen molar-refractivity contribution in [3.05, 3.63) is 0 Å². The summed E-state index contributed by atoms with van der Waals surface area (Å²) in [7, 11) is 0. The van der Waals surface area contributed by atoms with Gasteiger partial charge in [-0.2, -0.15) is 11.8 Å². The first-order valence-corrected chi connectivity index (χ1v) is 12.4. The van der Waals surface area contributed by atoms with Crippen molar-refractivity contribution < 1.29 is 44.2 Å². The molecule has 0 aromatic carbocycles. The van der Waals surface area contributed by atoms with Gasteiger partial charge in [0.05, 0.1) is 38.5 Å². The third kappa shape index (κ3) is 7.39. The van der Waals surface area contributed by atoms with Crippen molar-refractivity contribution in [1.29, 1.82) is 0 Å². The number of hydrogen-bond acceptors (Lipinski definition) is 10. The smallest absolute Gasteiger partial charge is 0.315 e. The van der Waals surface area contributed by atoms with Gasteiger partial charge in [0.1, 0.15) is 24.4 Å². The monoisotopic (exact) mass is 493 g/mol. The van der Waals surface area contributed by atoms with Gasteiger partial charge in [0.2, 0.25) is 5.91 Å². The van der Waals surface area contributed by atoms with Gasteiger partial charge in [0.25, 0.3) is 0 Å².